The summed E-state index contributed by atoms with van der Waals surface area (Å²) in [6.07, 6.45) is 0. The Labute approximate surface area is 80.7 Å². The highest BCUT2D eigenvalue weighted by Crippen LogP contribution is 2.23. The zero-order valence-electron chi connectivity index (χ0n) is 5.93. The van der Waals surface area contributed by atoms with Gasteiger partial charge in [-0.15, -0.1) is 12.4 Å². The molecule has 2 rings (SSSR count). The average Bonchev–Trinajstić information content (AvgIpc) is 2.36. The Hall–Kier alpha value is -0.0500. The molecule has 1 aromatic rings. The van der Waals surface area contributed by atoms with E-state index in [4.69, 9.17) is 0 Å². The minimum Gasteiger partial charge on any atom is -0.309 e. The minimum atomic E-state index is 0. The monoisotopic (exact) mass is 233 g/mol. The van der Waals surface area contributed by atoms with Crippen LogP contribution in [0.2, 0.25) is 0 Å². The first-order valence-electron chi connectivity index (χ1n) is 3.35. The first-order valence-corrected chi connectivity index (χ1v) is 4.14. The molecule has 0 aromatic heterocycles. The van der Waals surface area contributed by atoms with Gasteiger partial charge in [0.1, 0.15) is 0 Å². The van der Waals surface area contributed by atoms with Crippen molar-refractivity contribution in [2.45, 2.75) is 13.1 Å². The Balaban J connectivity index is 0.000000605. The van der Waals surface area contributed by atoms with Crippen molar-refractivity contribution in [1.82, 2.24) is 5.32 Å². The fourth-order valence-corrected chi connectivity index (χ4v) is 1.84. The third-order valence-electron chi connectivity index (χ3n) is 1.83. The summed E-state index contributed by atoms with van der Waals surface area (Å²) in [5, 5.41) is 3.30. The Morgan fingerprint density at radius 1 is 1.27 bits per heavy atom. The molecule has 0 saturated carbocycles. The summed E-state index contributed by atoms with van der Waals surface area (Å²) >= 11 is 3.51. The number of benzene rings is 1. The second-order valence-electron chi connectivity index (χ2n) is 2.48. The molecule has 1 aliphatic rings. The van der Waals surface area contributed by atoms with Gasteiger partial charge >= 0.3 is 0 Å². The molecule has 1 N–H and O–H groups in total. The van der Waals surface area contributed by atoms with Gasteiger partial charge in [-0.3, -0.25) is 0 Å². The van der Waals surface area contributed by atoms with Crippen LogP contribution in [-0.2, 0) is 13.1 Å². The van der Waals surface area contributed by atoms with E-state index in [9.17, 15) is 0 Å². The molecule has 3 heteroatoms. The predicted molar refractivity (Wildman–Crippen MR) is 51.9 cm³/mol. The molecule has 60 valence electrons. The molecule has 0 unspecified atom stereocenters. The van der Waals surface area contributed by atoms with E-state index in [2.05, 4.69) is 39.4 Å². The zero-order chi connectivity index (χ0) is 6.97. The molecule has 0 atom stereocenters. The average molecular weight is 235 g/mol. The van der Waals surface area contributed by atoms with Crippen LogP contribution in [0, 0.1) is 0 Å². The molecule has 0 radical (unpaired) electrons. The number of fused-ring (bicyclic) bond motifs is 1. The summed E-state index contributed by atoms with van der Waals surface area (Å²) in [4.78, 5) is 0. The van der Waals surface area contributed by atoms with Gasteiger partial charge in [0, 0.05) is 17.6 Å². The predicted octanol–water partition coefficient (Wildman–Crippen LogP) is 2.47. The molecular weight excluding hydrogens is 225 g/mol. The Morgan fingerprint density at radius 3 is 2.82 bits per heavy atom. The van der Waals surface area contributed by atoms with Crippen molar-refractivity contribution in [3.8, 4) is 0 Å². The molecule has 0 fully saturated rings. The molecule has 11 heavy (non-hydrogen) atoms. The van der Waals surface area contributed by atoms with Crippen molar-refractivity contribution in [1.29, 1.82) is 0 Å². The maximum atomic E-state index is 3.51. The first kappa shape index (κ1) is 9.04. The third kappa shape index (κ3) is 1.58. The van der Waals surface area contributed by atoms with Crippen LogP contribution in [0.15, 0.2) is 22.7 Å². The van der Waals surface area contributed by atoms with Crippen LogP contribution in [0.3, 0.4) is 0 Å². The van der Waals surface area contributed by atoms with Crippen LogP contribution in [0.25, 0.3) is 0 Å². The zero-order valence-corrected chi connectivity index (χ0v) is 8.33. The standard InChI is InChI=1S/C8H8BrN.ClH/c9-8-3-1-2-6-4-10-5-7(6)8;/h1-3,10H,4-5H2;1H. The smallest absolute Gasteiger partial charge is 0.0223 e. The summed E-state index contributed by atoms with van der Waals surface area (Å²) in [7, 11) is 0. The SMILES string of the molecule is Brc1cccc2c1CNC2.Cl. The summed E-state index contributed by atoms with van der Waals surface area (Å²) < 4.78 is 1.23. The second kappa shape index (κ2) is 3.57. The molecule has 0 amide bonds. The van der Waals surface area contributed by atoms with Crippen LogP contribution in [-0.4, -0.2) is 0 Å². The van der Waals surface area contributed by atoms with Gasteiger partial charge in [-0.1, -0.05) is 28.1 Å². The highest BCUT2D eigenvalue weighted by atomic mass is 79.9. The number of hydrogen-bond donors (Lipinski definition) is 1. The quantitative estimate of drug-likeness (QED) is 0.727. The summed E-state index contributed by atoms with van der Waals surface area (Å²) in [6, 6.07) is 6.34. The van der Waals surface area contributed by atoms with Crippen molar-refractivity contribution in [3.63, 3.8) is 0 Å². The van der Waals surface area contributed by atoms with Crippen LogP contribution in [0.1, 0.15) is 11.1 Å². The van der Waals surface area contributed by atoms with Gasteiger partial charge in [0.25, 0.3) is 0 Å². The Bertz CT molecular complexity index is 262. The Kier molecular flexibility index (Phi) is 2.93. The highest BCUT2D eigenvalue weighted by molar-refractivity contribution is 9.10. The van der Waals surface area contributed by atoms with Crippen LogP contribution in [0.4, 0.5) is 0 Å². The third-order valence-corrected chi connectivity index (χ3v) is 2.58. The summed E-state index contributed by atoms with van der Waals surface area (Å²) in [6.45, 7) is 2.03. The van der Waals surface area contributed by atoms with Crippen molar-refractivity contribution in [2.75, 3.05) is 0 Å². The van der Waals surface area contributed by atoms with E-state index in [1.807, 2.05) is 0 Å². The summed E-state index contributed by atoms with van der Waals surface area (Å²) in [5.41, 5.74) is 2.84. The van der Waals surface area contributed by atoms with E-state index in [-0.39, 0.29) is 12.4 Å². The number of rotatable bonds is 0. The lowest BCUT2D eigenvalue weighted by Crippen LogP contribution is -2.00. The molecule has 0 aliphatic carbocycles. The molecular formula is C8H9BrClN. The van der Waals surface area contributed by atoms with E-state index in [1.54, 1.807) is 0 Å². The van der Waals surface area contributed by atoms with Gasteiger partial charge in [-0.25, -0.2) is 0 Å². The maximum absolute atomic E-state index is 3.51. The van der Waals surface area contributed by atoms with Crippen LogP contribution < -0.4 is 5.32 Å². The van der Waals surface area contributed by atoms with E-state index in [1.165, 1.54) is 15.6 Å². The lowest BCUT2D eigenvalue weighted by molar-refractivity contribution is 0.764. The second-order valence-corrected chi connectivity index (χ2v) is 3.34. The first-order chi connectivity index (χ1) is 4.88. The molecule has 0 spiro atoms. The molecule has 1 heterocycles. The van der Waals surface area contributed by atoms with Crippen LogP contribution in [0.5, 0.6) is 0 Å². The number of hydrogen-bond acceptors (Lipinski definition) is 1. The van der Waals surface area contributed by atoms with E-state index >= 15 is 0 Å². The summed E-state index contributed by atoms with van der Waals surface area (Å²) in [5.74, 6) is 0. The van der Waals surface area contributed by atoms with Crippen molar-refractivity contribution >= 4 is 28.3 Å². The van der Waals surface area contributed by atoms with Gasteiger partial charge < -0.3 is 5.32 Å². The highest BCUT2D eigenvalue weighted by Gasteiger charge is 2.10. The van der Waals surface area contributed by atoms with E-state index in [0.29, 0.717) is 0 Å². The normalized spacial score (nSPS) is 13.9. The van der Waals surface area contributed by atoms with E-state index in [0.717, 1.165) is 13.1 Å². The van der Waals surface area contributed by atoms with Crippen molar-refractivity contribution in [2.24, 2.45) is 0 Å². The van der Waals surface area contributed by atoms with Gasteiger partial charge in [-0.2, -0.15) is 0 Å². The number of halogens is 2. The van der Waals surface area contributed by atoms with Crippen molar-refractivity contribution in [3.05, 3.63) is 33.8 Å². The van der Waals surface area contributed by atoms with Crippen molar-refractivity contribution < 1.29 is 0 Å². The lowest BCUT2D eigenvalue weighted by Gasteiger charge is -1.97. The van der Waals surface area contributed by atoms with E-state index < -0.39 is 0 Å². The molecule has 1 nitrogen and oxygen atoms in total. The largest absolute Gasteiger partial charge is 0.309 e. The minimum absolute atomic E-state index is 0. The molecule has 1 aromatic carbocycles. The Morgan fingerprint density at radius 2 is 2.09 bits per heavy atom. The van der Waals surface area contributed by atoms with Gasteiger partial charge in [0.2, 0.25) is 0 Å². The molecule has 0 saturated heterocycles. The van der Waals surface area contributed by atoms with Gasteiger partial charge in [0.15, 0.2) is 0 Å². The fraction of sp³-hybridized carbons (Fsp3) is 0.250. The van der Waals surface area contributed by atoms with Crippen LogP contribution >= 0.6 is 28.3 Å². The molecule has 1 aliphatic heterocycles. The number of nitrogens with one attached hydrogen (secondary N) is 1. The molecule has 0 bridgehead atoms. The van der Waals surface area contributed by atoms with Gasteiger partial charge in [0.05, 0.1) is 0 Å². The van der Waals surface area contributed by atoms with Gasteiger partial charge in [-0.05, 0) is 17.2 Å². The maximum Gasteiger partial charge on any atom is 0.0223 e. The fourth-order valence-electron chi connectivity index (χ4n) is 1.29. The lowest BCUT2D eigenvalue weighted by atomic mass is 10.1. The topological polar surface area (TPSA) is 12.0 Å².